The standard InChI is InChI=1S/C27H21FN4O2S2/c28-18-10-12-19(13-11-18)32-26(34)22(14-17-6-2-1-3-7-17)30-27(32)35-16-24(33)31-25-21(15-29)20-8-4-5-9-23(20)36-25/h1-3,6-7,10-14H,4-5,8-9,16H2,(H,31,33)/b22-14+. The molecule has 0 bridgehead atoms. The average molecular weight is 517 g/mol. The second-order valence-electron chi connectivity index (χ2n) is 8.32. The summed E-state index contributed by atoms with van der Waals surface area (Å²) < 4.78 is 13.5. The van der Waals surface area contributed by atoms with Crippen LogP contribution in [0.2, 0.25) is 0 Å². The van der Waals surface area contributed by atoms with Crippen LogP contribution in [0.15, 0.2) is 65.3 Å². The molecular formula is C27H21FN4O2S2. The molecule has 0 fully saturated rings. The molecular weight excluding hydrogens is 495 g/mol. The van der Waals surface area contributed by atoms with Gasteiger partial charge >= 0.3 is 0 Å². The molecule has 1 aromatic heterocycles. The van der Waals surface area contributed by atoms with Gasteiger partial charge < -0.3 is 5.32 Å². The Bertz CT molecular complexity index is 1420. The van der Waals surface area contributed by atoms with Crippen LogP contribution in [-0.2, 0) is 22.4 Å². The molecule has 6 nitrogen and oxygen atoms in total. The van der Waals surface area contributed by atoms with Gasteiger partial charge in [0.05, 0.1) is 17.0 Å². The molecule has 0 unspecified atom stereocenters. The molecule has 180 valence electrons. The van der Waals surface area contributed by atoms with Gasteiger partial charge in [0.1, 0.15) is 22.6 Å². The van der Waals surface area contributed by atoms with Crippen molar-refractivity contribution >= 4 is 56.8 Å². The molecule has 1 N–H and O–H groups in total. The molecule has 0 saturated carbocycles. The van der Waals surface area contributed by atoms with E-state index in [4.69, 9.17) is 0 Å². The maximum atomic E-state index is 13.5. The lowest BCUT2D eigenvalue weighted by Gasteiger charge is -2.17. The lowest BCUT2D eigenvalue weighted by Crippen LogP contribution is -2.31. The van der Waals surface area contributed by atoms with Crippen LogP contribution in [0.5, 0.6) is 0 Å². The molecule has 2 aliphatic rings. The predicted molar refractivity (Wildman–Crippen MR) is 143 cm³/mol. The number of carbonyl (C=O) groups is 2. The minimum absolute atomic E-state index is 0.00411. The largest absolute Gasteiger partial charge is 0.316 e. The van der Waals surface area contributed by atoms with E-state index in [0.717, 1.165) is 48.6 Å². The summed E-state index contributed by atoms with van der Waals surface area (Å²) in [5, 5.41) is 13.4. The quantitative estimate of drug-likeness (QED) is 0.438. The van der Waals surface area contributed by atoms with Crippen LogP contribution in [0.3, 0.4) is 0 Å². The van der Waals surface area contributed by atoms with Crippen molar-refractivity contribution in [3.63, 3.8) is 0 Å². The number of nitrogens with zero attached hydrogens (tertiary/aromatic N) is 3. The highest BCUT2D eigenvalue weighted by molar-refractivity contribution is 8.14. The Labute approximate surface area is 216 Å². The molecule has 2 heterocycles. The number of thioether (sulfide) groups is 1. The summed E-state index contributed by atoms with van der Waals surface area (Å²) in [5.41, 5.74) is 3.12. The molecule has 0 saturated heterocycles. The number of carbonyl (C=O) groups excluding carboxylic acids is 2. The Balaban J connectivity index is 1.36. The van der Waals surface area contributed by atoms with Crippen molar-refractivity contribution in [3.8, 4) is 6.07 Å². The van der Waals surface area contributed by atoms with Crippen molar-refractivity contribution in [2.75, 3.05) is 16.0 Å². The minimum Gasteiger partial charge on any atom is -0.316 e. The van der Waals surface area contributed by atoms with Gasteiger partial charge in [0.15, 0.2) is 5.17 Å². The number of aliphatic imine (C=N–C) groups is 1. The van der Waals surface area contributed by atoms with Gasteiger partial charge in [-0.15, -0.1) is 11.3 Å². The van der Waals surface area contributed by atoms with Crippen molar-refractivity contribution < 1.29 is 14.0 Å². The Hall–Kier alpha value is -3.74. The zero-order valence-electron chi connectivity index (χ0n) is 19.2. The molecule has 1 aliphatic carbocycles. The first-order valence-corrected chi connectivity index (χ1v) is 13.3. The van der Waals surface area contributed by atoms with E-state index >= 15 is 0 Å². The molecule has 36 heavy (non-hydrogen) atoms. The van der Waals surface area contributed by atoms with Crippen molar-refractivity contribution in [2.24, 2.45) is 4.99 Å². The molecule has 3 aromatic rings. The van der Waals surface area contributed by atoms with E-state index in [1.54, 1.807) is 6.08 Å². The van der Waals surface area contributed by atoms with Crippen molar-refractivity contribution in [3.05, 3.63) is 87.7 Å². The molecule has 9 heteroatoms. The topological polar surface area (TPSA) is 85.6 Å². The van der Waals surface area contributed by atoms with Crippen molar-refractivity contribution in [1.29, 1.82) is 5.26 Å². The first-order chi connectivity index (χ1) is 17.5. The number of nitrogens with one attached hydrogen (secondary N) is 1. The van der Waals surface area contributed by atoms with Crippen LogP contribution >= 0.6 is 23.1 Å². The van der Waals surface area contributed by atoms with Crippen LogP contribution in [0, 0.1) is 17.1 Å². The normalized spacial score (nSPS) is 16.0. The number of nitriles is 1. The van der Waals surface area contributed by atoms with Crippen molar-refractivity contribution in [1.82, 2.24) is 0 Å². The monoisotopic (exact) mass is 516 g/mol. The van der Waals surface area contributed by atoms with Gasteiger partial charge in [0.2, 0.25) is 5.91 Å². The highest BCUT2D eigenvalue weighted by Crippen LogP contribution is 2.38. The maximum absolute atomic E-state index is 13.5. The van der Waals surface area contributed by atoms with Crippen molar-refractivity contribution in [2.45, 2.75) is 25.7 Å². The Morgan fingerprint density at radius 3 is 2.67 bits per heavy atom. The number of amides is 2. The zero-order chi connectivity index (χ0) is 25.1. The van der Waals surface area contributed by atoms with Gasteiger partial charge in [-0.2, -0.15) is 5.26 Å². The van der Waals surface area contributed by atoms with E-state index < -0.39 is 5.82 Å². The Morgan fingerprint density at radius 1 is 1.17 bits per heavy atom. The fraction of sp³-hybridized carbons (Fsp3) is 0.185. The average Bonchev–Trinajstić information content (AvgIpc) is 3.40. The highest BCUT2D eigenvalue weighted by Gasteiger charge is 2.32. The molecule has 1 aliphatic heterocycles. The third-order valence-corrected chi connectivity index (χ3v) is 8.03. The lowest BCUT2D eigenvalue weighted by molar-refractivity contribution is -0.114. The number of amidine groups is 1. The summed E-state index contributed by atoms with van der Waals surface area (Å²) in [5.74, 6) is -1.06. The van der Waals surface area contributed by atoms with Crippen LogP contribution in [0.4, 0.5) is 15.1 Å². The third-order valence-electron chi connectivity index (χ3n) is 5.89. The number of halogens is 1. The summed E-state index contributed by atoms with van der Waals surface area (Å²) >= 11 is 2.59. The highest BCUT2D eigenvalue weighted by atomic mass is 32.2. The maximum Gasteiger partial charge on any atom is 0.283 e. The summed E-state index contributed by atoms with van der Waals surface area (Å²) in [6.45, 7) is 0. The fourth-order valence-corrected chi connectivity index (χ4v) is 6.25. The summed E-state index contributed by atoms with van der Waals surface area (Å²) in [6, 6.07) is 17.2. The van der Waals surface area contributed by atoms with Crippen LogP contribution in [0.1, 0.15) is 34.4 Å². The Morgan fingerprint density at radius 2 is 1.92 bits per heavy atom. The number of benzene rings is 2. The number of hydrogen-bond donors (Lipinski definition) is 1. The van der Waals surface area contributed by atoms with E-state index in [2.05, 4.69) is 16.4 Å². The Kier molecular flexibility index (Phi) is 6.98. The molecule has 5 rings (SSSR count). The fourth-order valence-electron chi connectivity index (χ4n) is 4.18. The predicted octanol–water partition coefficient (Wildman–Crippen LogP) is 5.75. The van der Waals surface area contributed by atoms with Crippen LogP contribution in [-0.4, -0.2) is 22.7 Å². The SMILES string of the molecule is N#Cc1c(NC(=O)CSC2=N/C(=C/c3ccccc3)C(=O)N2c2ccc(F)cc2)sc2c1CCCC2. The van der Waals surface area contributed by atoms with Gasteiger partial charge in [-0.05, 0) is 67.2 Å². The van der Waals surface area contributed by atoms with Gasteiger partial charge in [0, 0.05) is 4.88 Å². The van der Waals surface area contributed by atoms with E-state index in [1.165, 1.54) is 45.4 Å². The number of fused-ring (bicyclic) bond motifs is 1. The van der Waals surface area contributed by atoms with E-state index in [9.17, 15) is 19.2 Å². The first-order valence-electron chi connectivity index (χ1n) is 11.5. The number of thiophene rings is 1. The minimum atomic E-state index is -0.414. The van der Waals surface area contributed by atoms with Crippen LogP contribution < -0.4 is 10.2 Å². The molecule has 0 spiro atoms. The smallest absolute Gasteiger partial charge is 0.283 e. The number of rotatable bonds is 5. The molecule has 0 atom stereocenters. The number of aryl methyl sites for hydroxylation is 1. The van der Waals surface area contributed by atoms with E-state index in [-0.39, 0.29) is 23.3 Å². The zero-order valence-corrected chi connectivity index (χ0v) is 20.8. The summed E-state index contributed by atoms with van der Waals surface area (Å²) in [4.78, 5) is 33.1. The molecule has 2 amide bonds. The first kappa shape index (κ1) is 24.0. The van der Waals surface area contributed by atoms with Crippen LogP contribution in [0.25, 0.3) is 6.08 Å². The van der Waals surface area contributed by atoms with E-state index in [0.29, 0.717) is 21.4 Å². The van der Waals surface area contributed by atoms with E-state index in [1.807, 2.05) is 30.3 Å². The number of anilines is 2. The molecule has 2 aromatic carbocycles. The lowest BCUT2D eigenvalue weighted by atomic mass is 9.96. The van der Waals surface area contributed by atoms with Gasteiger partial charge in [-0.1, -0.05) is 42.1 Å². The summed E-state index contributed by atoms with van der Waals surface area (Å²) in [6.07, 6.45) is 5.62. The second kappa shape index (κ2) is 10.5. The second-order valence-corrected chi connectivity index (χ2v) is 10.4. The van der Waals surface area contributed by atoms with Gasteiger partial charge in [0.25, 0.3) is 5.91 Å². The summed E-state index contributed by atoms with van der Waals surface area (Å²) in [7, 11) is 0. The molecule has 0 radical (unpaired) electrons. The van der Waals surface area contributed by atoms with Gasteiger partial charge in [-0.3, -0.25) is 14.5 Å². The number of hydrogen-bond acceptors (Lipinski definition) is 6. The third kappa shape index (κ3) is 4.96. The van der Waals surface area contributed by atoms with Gasteiger partial charge in [-0.25, -0.2) is 9.38 Å².